The van der Waals surface area contributed by atoms with Crippen LogP contribution in [0.1, 0.15) is 34.1 Å². The number of aliphatic carboxylic acids is 2. The van der Waals surface area contributed by atoms with Crippen LogP contribution in [0.15, 0.2) is 0 Å². The van der Waals surface area contributed by atoms with Crippen LogP contribution in [0, 0.1) is 5.92 Å². The third-order valence-electron chi connectivity index (χ3n) is 2.89. The minimum Gasteiger partial charge on any atom is -0.480 e. The van der Waals surface area contributed by atoms with Crippen molar-refractivity contribution >= 4 is 29.8 Å². The van der Waals surface area contributed by atoms with Gasteiger partial charge in [0.25, 0.3) is 0 Å². The summed E-state index contributed by atoms with van der Waals surface area (Å²) in [7, 11) is 0. The largest absolute Gasteiger partial charge is 0.480 e. The fourth-order valence-electron chi connectivity index (χ4n) is 1.23. The Labute approximate surface area is 180 Å². The standard InChI is InChI=1S/C6H12N2O4.C6H13NO2.C5H10N2O3/c1-3(7)6(11)12-2-4(8)5(9)10;1-4(2)3-5(7)6(8)9;1-3(7)5(9)10-4(8)2-6/h3-4H,2,7-8H2,1H3,(H,9,10);4-5H,3,7H2,1-2H3,(H,8,9);3H,2,6-7H2,1H3/t3-,4-;5-;3-/m000/s1. The highest BCUT2D eigenvalue weighted by Crippen LogP contribution is 2.01. The molecule has 0 bridgehead atoms. The first-order valence-corrected chi connectivity index (χ1v) is 9.15. The first-order chi connectivity index (χ1) is 14.1. The van der Waals surface area contributed by atoms with Gasteiger partial charge in [-0.05, 0) is 26.2 Å². The van der Waals surface area contributed by atoms with Gasteiger partial charge in [0, 0.05) is 0 Å². The molecular formula is C17H35N5O9. The number of carboxylic acids is 2. The molecule has 0 spiro atoms. The highest BCUT2D eigenvalue weighted by molar-refractivity contribution is 5.88. The molecule has 0 saturated heterocycles. The van der Waals surface area contributed by atoms with Crippen LogP contribution in [0.2, 0.25) is 0 Å². The molecule has 31 heavy (non-hydrogen) atoms. The molecule has 0 amide bonds. The van der Waals surface area contributed by atoms with Crippen LogP contribution in [-0.4, -0.2) is 77.4 Å². The zero-order valence-electron chi connectivity index (χ0n) is 18.1. The summed E-state index contributed by atoms with van der Waals surface area (Å²) < 4.78 is 8.59. The summed E-state index contributed by atoms with van der Waals surface area (Å²) in [5, 5.41) is 16.6. The molecule has 0 aromatic heterocycles. The summed E-state index contributed by atoms with van der Waals surface area (Å²) in [4.78, 5) is 51.7. The molecular weight excluding hydrogens is 418 g/mol. The molecule has 0 rings (SSSR count). The Bertz CT molecular complexity index is 582. The monoisotopic (exact) mass is 453 g/mol. The van der Waals surface area contributed by atoms with Gasteiger partial charge in [-0.25, -0.2) is 4.79 Å². The molecule has 12 N–H and O–H groups in total. The number of ether oxygens (including phenoxy) is 2. The van der Waals surface area contributed by atoms with Crippen molar-refractivity contribution in [2.45, 2.75) is 58.3 Å². The Morgan fingerprint density at radius 2 is 1.19 bits per heavy atom. The van der Waals surface area contributed by atoms with Crippen molar-refractivity contribution in [3.05, 3.63) is 0 Å². The van der Waals surface area contributed by atoms with E-state index in [4.69, 9.17) is 38.9 Å². The second-order valence-corrected chi connectivity index (χ2v) is 6.72. The molecule has 0 aromatic rings. The van der Waals surface area contributed by atoms with Gasteiger partial charge in [-0.2, -0.15) is 0 Å². The fourth-order valence-corrected chi connectivity index (χ4v) is 1.23. The van der Waals surface area contributed by atoms with Crippen LogP contribution >= 0.6 is 0 Å². The lowest BCUT2D eigenvalue weighted by atomic mass is 10.1. The average Bonchev–Trinajstić information content (AvgIpc) is 2.65. The van der Waals surface area contributed by atoms with Crippen molar-refractivity contribution < 1.29 is 43.7 Å². The van der Waals surface area contributed by atoms with Crippen LogP contribution in [0.5, 0.6) is 0 Å². The van der Waals surface area contributed by atoms with E-state index < -0.39 is 54.0 Å². The molecule has 0 aromatic carbocycles. The van der Waals surface area contributed by atoms with Gasteiger partial charge in [0.1, 0.15) is 30.8 Å². The minimum atomic E-state index is -1.22. The Morgan fingerprint density at radius 1 is 0.774 bits per heavy atom. The maximum atomic E-state index is 10.7. The molecule has 0 unspecified atom stereocenters. The number of nitrogens with two attached hydrogens (primary N) is 5. The van der Waals surface area contributed by atoms with E-state index in [0.29, 0.717) is 12.3 Å². The summed E-state index contributed by atoms with van der Waals surface area (Å²) >= 11 is 0. The highest BCUT2D eigenvalue weighted by Gasteiger charge is 2.16. The average molecular weight is 453 g/mol. The molecule has 14 nitrogen and oxygen atoms in total. The summed E-state index contributed by atoms with van der Waals surface area (Å²) in [5.74, 6) is -3.95. The van der Waals surface area contributed by atoms with Gasteiger partial charge >= 0.3 is 29.8 Å². The molecule has 0 aliphatic heterocycles. The maximum Gasteiger partial charge on any atom is 0.330 e. The molecule has 0 heterocycles. The smallest absolute Gasteiger partial charge is 0.330 e. The van der Waals surface area contributed by atoms with Crippen LogP contribution in [0.4, 0.5) is 0 Å². The van der Waals surface area contributed by atoms with Crippen molar-refractivity contribution in [1.82, 2.24) is 0 Å². The fraction of sp³-hybridized carbons (Fsp3) is 0.706. The number of hydrogen-bond acceptors (Lipinski definition) is 12. The van der Waals surface area contributed by atoms with Crippen molar-refractivity contribution in [3.8, 4) is 0 Å². The van der Waals surface area contributed by atoms with Crippen LogP contribution in [-0.2, 0) is 33.4 Å². The number of carbonyl (C=O) groups is 5. The van der Waals surface area contributed by atoms with Gasteiger partial charge in [0.15, 0.2) is 0 Å². The Balaban J connectivity index is -0.000000384. The van der Waals surface area contributed by atoms with E-state index in [1.807, 2.05) is 13.8 Å². The molecule has 4 atom stereocenters. The summed E-state index contributed by atoms with van der Waals surface area (Å²) in [6, 6.07) is -3.42. The Hall–Kier alpha value is -2.65. The number of rotatable bonds is 9. The second kappa shape index (κ2) is 18.1. The zero-order valence-corrected chi connectivity index (χ0v) is 18.1. The van der Waals surface area contributed by atoms with E-state index in [0.717, 1.165) is 0 Å². The van der Waals surface area contributed by atoms with Crippen LogP contribution in [0.3, 0.4) is 0 Å². The van der Waals surface area contributed by atoms with Gasteiger partial charge < -0.3 is 48.4 Å². The van der Waals surface area contributed by atoms with E-state index in [-0.39, 0.29) is 13.2 Å². The predicted octanol–water partition coefficient (Wildman–Crippen LogP) is -2.90. The van der Waals surface area contributed by atoms with Gasteiger partial charge in [-0.1, -0.05) is 13.8 Å². The molecule has 0 fully saturated rings. The van der Waals surface area contributed by atoms with Crippen LogP contribution < -0.4 is 28.7 Å². The Morgan fingerprint density at radius 3 is 1.45 bits per heavy atom. The second-order valence-electron chi connectivity index (χ2n) is 6.72. The van der Waals surface area contributed by atoms with Gasteiger partial charge in [0.05, 0.1) is 6.54 Å². The molecule has 0 radical (unpaired) electrons. The minimum absolute atomic E-state index is 0.307. The maximum absolute atomic E-state index is 10.7. The quantitative estimate of drug-likeness (QED) is 0.136. The van der Waals surface area contributed by atoms with Crippen molar-refractivity contribution in [2.24, 2.45) is 34.6 Å². The van der Waals surface area contributed by atoms with E-state index in [9.17, 15) is 24.0 Å². The van der Waals surface area contributed by atoms with Gasteiger partial charge in [0.2, 0.25) is 0 Å². The van der Waals surface area contributed by atoms with E-state index in [2.05, 4.69) is 9.47 Å². The lowest BCUT2D eigenvalue weighted by Crippen LogP contribution is -2.38. The topological polar surface area (TPSA) is 274 Å². The summed E-state index contributed by atoms with van der Waals surface area (Å²) in [5.41, 5.74) is 25.3. The summed E-state index contributed by atoms with van der Waals surface area (Å²) in [6.45, 7) is 6.10. The third kappa shape index (κ3) is 21.9. The highest BCUT2D eigenvalue weighted by atomic mass is 16.6. The van der Waals surface area contributed by atoms with Gasteiger partial charge in [-0.3, -0.25) is 19.2 Å². The zero-order chi connectivity index (χ0) is 25.3. The van der Waals surface area contributed by atoms with E-state index in [1.165, 1.54) is 13.8 Å². The molecule has 0 aliphatic rings. The number of carbonyl (C=O) groups excluding carboxylic acids is 3. The van der Waals surface area contributed by atoms with Crippen LogP contribution in [0.25, 0.3) is 0 Å². The first kappa shape index (κ1) is 33.0. The molecule has 0 aliphatic carbocycles. The SMILES string of the molecule is CC(C)C[C@H](N)C(=O)O.C[C@H](N)C(=O)OC(=O)CN.C[C@H](N)C(=O)OC[C@H](N)C(=O)O. The molecule has 0 saturated carbocycles. The lowest BCUT2D eigenvalue weighted by Gasteiger charge is -2.09. The van der Waals surface area contributed by atoms with E-state index >= 15 is 0 Å². The normalized spacial score (nSPS) is 13.7. The third-order valence-corrected chi connectivity index (χ3v) is 2.89. The Kier molecular flexibility index (Phi) is 19.3. The first-order valence-electron chi connectivity index (χ1n) is 9.15. The van der Waals surface area contributed by atoms with Crippen molar-refractivity contribution in [3.63, 3.8) is 0 Å². The summed E-state index contributed by atoms with van der Waals surface area (Å²) in [6.07, 6.45) is 0.551. The number of esters is 3. The molecule has 182 valence electrons. The predicted molar refractivity (Wildman–Crippen MR) is 109 cm³/mol. The lowest BCUT2D eigenvalue weighted by molar-refractivity contribution is -0.159. The number of hydrogen-bond donors (Lipinski definition) is 7. The van der Waals surface area contributed by atoms with E-state index in [1.54, 1.807) is 0 Å². The molecule has 14 heteroatoms. The van der Waals surface area contributed by atoms with Crippen molar-refractivity contribution in [2.75, 3.05) is 13.2 Å². The number of carboxylic acid groups (broad SMARTS) is 2. The van der Waals surface area contributed by atoms with Gasteiger partial charge in [-0.15, -0.1) is 0 Å². The van der Waals surface area contributed by atoms with Crippen molar-refractivity contribution in [1.29, 1.82) is 0 Å².